The van der Waals surface area contributed by atoms with E-state index in [4.69, 9.17) is 16.3 Å². The number of halogens is 1. The summed E-state index contributed by atoms with van der Waals surface area (Å²) in [5, 5.41) is 6.96. The second kappa shape index (κ2) is 6.71. The summed E-state index contributed by atoms with van der Waals surface area (Å²) in [4.78, 5) is 11.8. The van der Waals surface area contributed by atoms with E-state index < -0.39 is 6.09 Å². The summed E-state index contributed by atoms with van der Waals surface area (Å²) in [7, 11) is 0. The predicted octanol–water partition coefficient (Wildman–Crippen LogP) is 2.90. The summed E-state index contributed by atoms with van der Waals surface area (Å²) >= 11 is 4.99. The molecule has 0 spiro atoms. The third-order valence-electron chi connectivity index (χ3n) is 3.67. The molecule has 1 aliphatic heterocycles. The second-order valence-corrected chi connectivity index (χ2v) is 5.75. The Morgan fingerprint density at radius 3 is 2.82 bits per heavy atom. The number of amides is 1. The molecule has 5 heteroatoms. The van der Waals surface area contributed by atoms with Crippen LogP contribution < -0.4 is 15.4 Å². The number of benzene rings is 2. The maximum absolute atomic E-state index is 11.8. The quantitative estimate of drug-likeness (QED) is 0.915. The Bertz CT molecular complexity index is 658. The minimum atomic E-state index is -0.447. The fourth-order valence-electron chi connectivity index (χ4n) is 2.51. The molecule has 1 heterocycles. The van der Waals surface area contributed by atoms with Crippen molar-refractivity contribution in [3.63, 3.8) is 0 Å². The molecule has 4 nitrogen and oxygen atoms in total. The fraction of sp³-hybridized carbons (Fsp3) is 0.235. The van der Waals surface area contributed by atoms with E-state index in [9.17, 15) is 4.79 Å². The minimum Gasteiger partial charge on any atom is -0.410 e. The number of hydrogen-bond acceptors (Lipinski definition) is 3. The Hall–Kier alpha value is -2.20. The lowest BCUT2D eigenvalue weighted by molar-refractivity contribution is -0.288. The van der Waals surface area contributed by atoms with E-state index in [2.05, 4.69) is 22.8 Å². The third kappa shape index (κ3) is 3.71. The first-order chi connectivity index (χ1) is 10.7. The van der Waals surface area contributed by atoms with Gasteiger partial charge in [0.1, 0.15) is 5.75 Å². The average Bonchev–Trinajstić information content (AvgIpc) is 2.55. The molecule has 2 aromatic rings. The lowest BCUT2D eigenvalue weighted by Crippen LogP contribution is -2.39. The van der Waals surface area contributed by atoms with Gasteiger partial charge in [0.2, 0.25) is 5.02 Å². The van der Waals surface area contributed by atoms with Crippen LogP contribution in [0.5, 0.6) is 5.75 Å². The number of para-hydroxylation sites is 1. The number of carbonyl (C=O) groups excluding carboxylic acids is 1. The lowest BCUT2D eigenvalue weighted by atomic mass is 9.98. The number of rotatable bonds is 3. The molecule has 22 heavy (non-hydrogen) atoms. The van der Waals surface area contributed by atoms with Crippen molar-refractivity contribution in [3.8, 4) is 5.75 Å². The highest BCUT2D eigenvalue weighted by Crippen LogP contribution is 2.23. The number of anilines is 1. The largest absolute Gasteiger partial charge is 0.412 e. The number of fused-ring (bicyclic) bond motifs is 1. The van der Waals surface area contributed by atoms with Crippen LogP contribution in [0.4, 0.5) is 10.5 Å². The summed E-state index contributed by atoms with van der Waals surface area (Å²) < 4.78 is 5.21. The second-order valence-electron chi connectivity index (χ2n) is 5.28. The Morgan fingerprint density at radius 1 is 1.23 bits per heavy atom. The van der Waals surface area contributed by atoms with Crippen LogP contribution in [0, 0.1) is 11.6 Å². The van der Waals surface area contributed by atoms with Crippen LogP contribution in [0.1, 0.15) is 12.0 Å². The van der Waals surface area contributed by atoms with Gasteiger partial charge < -0.3 is 15.4 Å². The van der Waals surface area contributed by atoms with Crippen LogP contribution >= 0.6 is 0 Å². The van der Waals surface area contributed by atoms with E-state index in [1.807, 2.05) is 12.1 Å². The van der Waals surface area contributed by atoms with Gasteiger partial charge >= 0.3 is 6.09 Å². The highest BCUT2D eigenvalue weighted by atomic mass is 35.5. The molecule has 114 valence electrons. The van der Waals surface area contributed by atoms with Crippen molar-refractivity contribution in [2.24, 2.45) is 0 Å². The standard InChI is InChI=1S/C17H17ClN2O2/c18-13-6-9-15(10-7-13)22-17(21)19-11-14-8-5-12-3-1-2-4-16(12)20-14/h1-4,6-7,9-10,14,18,20H,5,8,11H2/p+1. The normalized spacial score (nSPS) is 16.3. The van der Waals surface area contributed by atoms with Gasteiger partial charge in [-0.1, -0.05) is 18.2 Å². The molecule has 0 bridgehead atoms. The molecule has 1 atom stereocenters. The van der Waals surface area contributed by atoms with Gasteiger partial charge in [0.05, 0.1) is 0 Å². The molecule has 1 aliphatic rings. The molecule has 0 radical (unpaired) electrons. The zero-order valence-corrected chi connectivity index (χ0v) is 12.9. The number of aryl methyl sites for hydroxylation is 1. The molecule has 0 aromatic heterocycles. The first-order valence-corrected chi connectivity index (χ1v) is 7.69. The smallest absolute Gasteiger partial charge is 0.410 e. The molecule has 2 aromatic carbocycles. The molecule has 1 unspecified atom stereocenters. The molecule has 0 saturated carbocycles. The number of carbonyl (C=O) groups is 1. The van der Waals surface area contributed by atoms with Crippen LogP contribution in [0.3, 0.4) is 0 Å². The van der Waals surface area contributed by atoms with Gasteiger partial charge in [-0.2, -0.15) is 0 Å². The van der Waals surface area contributed by atoms with Gasteiger partial charge in [0.15, 0.2) is 11.6 Å². The van der Waals surface area contributed by atoms with Crippen molar-refractivity contribution in [1.29, 1.82) is 0 Å². The van der Waals surface area contributed by atoms with Crippen molar-refractivity contribution in [3.05, 3.63) is 59.1 Å². The summed E-state index contributed by atoms with van der Waals surface area (Å²) in [6.45, 7) is 0.534. The van der Waals surface area contributed by atoms with E-state index in [1.54, 1.807) is 24.3 Å². The Morgan fingerprint density at radius 2 is 2.00 bits per heavy atom. The molecule has 3 rings (SSSR count). The van der Waals surface area contributed by atoms with Gasteiger partial charge in [-0.15, -0.1) is 0 Å². The highest BCUT2D eigenvalue weighted by Gasteiger charge is 2.18. The van der Waals surface area contributed by atoms with Crippen molar-refractivity contribution in [1.82, 2.24) is 5.32 Å². The van der Waals surface area contributed by atoms with Gasteiger partial charge in [-0.3, -0.25) is 0 Å². The van der Waals surface area contributed by atoms with Gasteiger partial charge in [0.25, 0.3) is 0 Å². The molecule has 1 amide bonds. The van der Waals surface area contributed by atoms with E-state index in [-0.39, 0.29) is 6.04 Å². The van der Waals surface area contributed by atoms with E-state index in [1.165, 1.54) is 5.56 Å². The summed E-state index contributed by atoms with van der Waals surface area (Å²) in [6, 6.07) is 15.3. The summed E-state index contributed by atoms with van der Waals surface area (Å²) in [5.41, 5.74) is 2.47. The molecular formula is C17H18ClN2O2+. The summed E-state index contributed by atoms with van der Waals surface area (Å²) in [5.74, 6) is 0.494. The Kier molecular flexibility index (Phi) is 4.49. The molecule has 0 saturated heterocycles. The first-order valence-electron chi connectivity index (χ1n) is 7.28. The number of hydrogen-bond donors (Lipinski definition) is 2. The molecule has 2 N–H and O–H groups in total. The van der Waals surface area contributed by atoms with Crippen molar-refractivity contribution in [2.45, 2.75) is 18.9 Å². The topological polar surface area (TPSA) is 50.4 Å². The van der Waals surface area contributed by atoms with E-state index >= 15 is 0 Å². The predicted molar refractivity (Wildman–Crippen MR) is 83.2 cm³/mol. The first kappa shape index (κ1) is 14.7. The fourth-order valence-corrected chi connectivity index (χ4v) is 2.65. The van der Waals surface area contributed by atoms with Crippen molar-refractivity contribution in [2.75, 3.05) is 11.9 Å². The van der Waals surface area contributed by atoms with Gasteiger partial charge in [-0.05, 0) is 36.6 Å². The molecular weight excluding hydrogens is 300 g/mol. The van der Waals surface area contributed by atoms with E-state index in [0.717, 1.165) is 23.6 Å². The van der Waals surface area contributed by atoms with Crippen molar-refractivity contribution >= 4 is 11.8 Å². The SMILES string of the molecule is O=C(NCC1CCc2ccccc2N1)Oc1ccc([ClH+])cc1. The maximum Gasteiger partial charge on any atom is 0.412 e. The molecule has 0 aliphatic carbocycles. The highest BCUT2D eigenvalue weighted by molar-refractivity contribution is 5.70. The van der Waals surface area contributed by atoms with Crippen LogP contribution in [-0.4, -0.2) is 18.7 Å². The van der Waals surface area contributed by atoms with Gasteiger partial charge in [-0.25, -0.2) is 4.79 Å². The maximum atomic E-state index is 11.8. The monoisotopic (exact) mass is 317 g/mol. The zero-order valence-electron chi connectivity index (χ0n) is 12.0. The van der Waals surface area contributed by atoms with Gasteiger partial charge in [0, 0.05) is 30.4 Å². The Labute approximate surface area is 134 Å². The third-order valence-corrected chi connectivity index (χ3v) is 3.94. The van der Waals surface area contributed by atoms with Crippen molar-refractivity contribution < 1.29 is 21.1 Å². The zero-order chi connectivity index (χ0) is 15.4. The van der Waals surface area contributed by atoms with Crippen LogP contribution in [0.15, 0.2) is 48.5 Å². The minimum absolute atomic E-state index is 0.220. The van der Waals surface area contributed by atoms with Crippen LogP contribution in [-0.2, 0) is 6.42 Å². The number of ether oxygens (including phenoxy) is 1. The summed E-state index contributed by atoms with van der Waals surface area (Å²) in [6.07, 6.45) is 1.56. The van der Waals surface area contributed by atoms with Crippen LogP contribution in [0.2, 0.25) is 5.02 Å². The Balaban J connectivity index is 1.49. The van der Waals surface area contributed by atoms with E-state index in [0.29, 0.717) is 12.3 Å². The van der Waals surface area contributed by atoms with Crippen LogP contribution in [0.25, 0.3) is 0 Å². The lowest BCUT2D eigenvalue weighted by Gasteiger charge is -2.27. The number of nitrogens with one attached hydrogen (secondary N) is 2. The average molecular weight is 318 g/mol. The molecule has 0 fully saturated rings.